The number of benzene rings is 1. The lowest BCUT2D eigenvalue weighted by Gasteiger charge is -2.10. The number of nitrogens with zero attached hydrogens (tertiary/aromatic N) is 1. The van der Waals surface area contributed by atoms with Gasteiger partial charge in [0.2, 0.25) is 0 Å². The standard InChI is InChI=1S/C14H14Br2N2/c1-9-3-4-11(7-12(9)15)8-17-13-5-6-14(16)18-10(13)2/h3-7,17H,8H2,1-2H3. The largest absolute Gasteiger partial charge is 0.380 e. The molecule has 0 saturated carbocycles. The Bertz CT molecular complexity index is 568. The minimum absolute atomic E-state index is 0.795. The first-order valence-electron chi connectivity index (χ1n) is 5.68. The van der Waals surface area contributed by atoms with Gasteiger partial charge in [-0.25, -0.2) is 4.98 Å². The van der Waals surface area contributed by atoms with E-state index in [0.29, 0.717) is 0 Å². The summed E-state index contributed by atoms with van der Waals surface area (Å²) >= 11 is 6.91. The molecule has 0 atom stereocenters. The van der Waals surface area contributed by atoms with Crippen molar-refractivity contribution >= 4 is 37.5 Å². The van der Waals surface area contributed by atoms with Gasteiger partial charge >= 0.3 is 0 Å². The summed E-state index contributed by atoms with van der Waals surface area (Å²) in [7, 11) is 0. The summed E-state index contributed by atoms with van der Waals surface area (Å²) in [6, 6.07) is 10.4. The molecule has 1 N–H and O–H groups in total. The number of rotatable bonds is 3. The van der Waals surface area contributed by atoms with Crippen molar-refractivity contribution in [2.75, 3.05) is 5.32 Å². The Morgan fingerprint density at radius 1 is 1.11 bits per heavy atom. The fourth-order valence-corrected chi connectivity index (χ4v) is 2.49. The van der Waals surface area contributed by atoms with Gasteiger partial charge in [-0.1, -0.05) is 28.1 Å². The molecule has 1 heterocycles. The smallest absolute Gasteiger partial charge is 0.106 e. The van der Waals surface area contributed by atoms with Crippen LogP contribution in [0.15, 0.2) is 39.4 Å². The maximum atomic E-state index is 4.36. The SMILES string of the molecule is Cc1ccc(CNc2ccc(Br)nc2C)cc1Br. The summed E-state index contributed by atoms with van der Waals surface area (Å²) in [5.41, 5.74) is 4.56. The molecule has 0 fully saturated rings. The van der Waals surface area contributed by atoms with Gasteiger partial charge < -0.3 is 5.32 Å². The summed E-state index contributed by atoms with van der Waals surface area (Å²) in [6.45, 7) is 4.88. The van der Waals surface area contributed by atoms with Crippen molar-refractivity contribution in [2.24, 2.45) is 0 Å². The van der Waals surface area contributed by atoms with Gasteiger partial charge in [-0.3, -0.25) is 0 Å². The number of halogens is 2. The topological polar surface area (TPSA) is 24.9 Å². The summed E-state index contributed by atoms with van der Waals surface area (Å²) in [5.74, 6) is 0. The molecule has 0 aliphatic heterocycles. The number of hydrogen-bond acceptors (Lipinski definition) is 2. The quantitative estimate of drug-likeness (QED) is 0.783. The van der Waals surface area contributed by atoms with Gasteiger partial charge in [0.05, 0.1) is 11.4 Å². The Hall–Kier alpha value is -0.870. The average Bonchev–Trinajstić information content (AvgIpc) is 2.32. The predicted molar refractivity (Wildman–Crippen MR) is 82.9 cm³/mol. The summed E-state index contributed by atoms with van der Waals surface area (Å²) < 4.78 is 2.01. The van der Waals surface area contributed by atoms with E-state index in [1.807, 2.05) is 19.1 Å². The van der Waals surface area contributed by atoms with Crippen LogP contribution in [0, 0.1) is 13.8 Å². The number of pyridine rings is 1. The first-order valence-corrected chi connectivity index (χ1v) is 7.27. The zero-order chi connectivity index (χ0) is 13.1. The van der Waals surface area contributed by atoms with Crippen molar-refractivity contribution in [3.8, 4) is 0 Å². The van der Waals surface area contributed by atoms with Crippen LogP contribution < -0.4 is 5.32 Å². The van der Waals surface area contributed by atoms with Gasteiger partial charge in [-0.2, -0.15) is 0 Å². The van der Waals surface area contributed by atoms with E-state index >= 15 is 0 Å². The van der Waals surface area contributed by atoms with E-state index in [0.717, 1.165) is 27.0 Å². The lowest BCUT2D eigenvalue weighted by atomic mass is 10.1. The molecule has 0 radical (unpaired) electrons. The van der Waals surface area contributed by atoms with Gasteiger partial charge in [0.25, 0.3) is 0 Å². The normalized spacial score (nSPS) is 10.4. The number of hydrogen-bond donors (Lipinski definition) is 1. The third-order valence-electron chi connectivity index (χ3n) is 2.77. The molecule has 0 bridgehead atoms. The molecule has 0 aliphatic rings. The highest BCUT2D eigenvalue weighted by Crippen LogP contribution is 2.20. The van der Waals surface area contributed by atoms with Crippen LogP contribution in [0.5, 0.6) is 0 Å². The second-order valence-corrected chi connectivity index (χ2v) is 5.87. The highest BCUT2D eigenvalue weighted by molar-refractivity contribution is 9.10. The second kappa shape index (κ2) is 5.85. The first-order chi connectivity index (χ1) is 8.56. The number of aromatic nitrogens is 1. The fourth-order valence-electron chi connectivity index (χ4n) is 1.66. The van der Waals surface area contributed by atoms with Crippen molar-refractivity contribution in [3.05, 3.63) is 56.2 Å². The van der Waals surface area contributed by atoms with E-state index in [4.69, 9.17) is 0 Å². The molecule has 4 heteroatoms. The molecule has 18 heavy (non-hydrogen) atoms. The Morgan fingerprint density at radius 2 is 1.89 bits per heavy atom. The Morgan fingerprint density at radius 3 is 2.56 bits per heavy atom. The van der Waals surface area contributed by atoms with Crippen LogP contribution in [0.25, 0.3) is 0 Å². The minimum atomic E-state index is 0.795. The molecular formula is C14H14Br2N2. The van der Waals surface area contributed by atoms with Gasteiger partial charge in [-0.05, 0) is 59.1 Å². The third kappa shape index (κ3) is 3.33. The van der Waals surface area contributed by atoms with Crippen LogP contribution >= 0.6 is 31.9 Å². The van der Waals surface area contributed by atoms with Gasteiger partial charge in [0, 0.05) is 11.0 Å². The average molecular weight is 370 g/mol. The molecule has 0 unspecified atom stereocenters. The molecule has 1 aromatic heterocycles. The van der Waals surface area contributed by atoms with Crippen LogP contribution in [0.1, 0.15) is 16.8 Å². The van der Waals surface area contributed by atoms with E-state index in [-0.39, 0.29) is 0 Å². The highest BCUT2D eigenvalue weighted by Gasteiger charge is 2.01. The molecule has 0 saturated heterocycles. The Labute approximate surface area is 124 Å². The fraction of sp³-hybridized carbons (Fsp3) is 0.214. The molecular weight excluding hydrogens is 356 g/mol. The van der Waals surface area contributed by atoms with E-state index in [9.17, 15) is 0 Å². The van der Waals surface area contributed by atoms with Gasteiger partial charge in [0.15, 0.2) is 0 Å². The van der Waals surface area contributed by atoms with Crippen LogP contribution in [-0.2, 0) is 6.54 Å². The van der Waals surface area contributed by atoms with Crippen molar-refractivity contribution in [1.82, 2.24) is 4.98 Å². The van der Waals surface area contributed by atoms with Crippen LogP contribution in [0.2, 0.25) is 0 Å². The number of nitrogens with one attached hydrogen (secondary N) is 1. The molecule has 1 aromatic carbocycles. The van der Waals surface area contributed by atoms with E-state index in [1.54, 1.807) is 0 Å². The zero-order valence-corrected chi connectivity index (χ0v) is 13.5. The molecule has 0 spiro atoms. The molecule has 0 aliphatic carbocycles. The van der Waals surface area contributed by atoms with E-state index in [2.05, 4.69) is 67.3 Å². The molecule has 94 valence electrons. The molecule has 0 amide bonds. The maximum Gasteiger partial charge on any atom is 0.106 e. The van der Waals surface area contributed by atoms with Crippen LogP contribution in [0.4, 0.5) is 5.69 Å². The summed E-state index contributed by atoms with van der Waals surface area (Å²) in [5, 5.41) is 3.40. The molecule has 2 aromatic rings. The number of aryl methyl sites for hydroxylation is 2. The molecule has 2 nitrogen and oxygen atoms in total. The maximum absolute atomic E-state index is 4.36. The number of anilines is 1. The van der Waals surface area contributed by atoms with E-state index in [1.165, 1.54) is 11.1 Å². The van der Waals surface area contributed by atoms with Crippen LogP contribution in [-0.4, -0.2) is 4.98 Å². The van der Waals surface area contributed by atoms with Gasteiger partial charge in [-0.15, -0.1) is 0 Å². The Balaban J connectivity index is 2.09. The van der Waals surface area contributed by atoms with Crippen molar-refractivity contribution in [1.29, 1.82) is 0 Å². The monoisotopic (exact) mass is 368 g/mol. The third-order valence-corrected chi connectivity index (χ3v) is 4.07. The first kappa shape index (κ1) is 13.6. The summed E-state index contributed by atoms with van der Waals surface area (Å²) in [4.78, 5) is 4.36. The van der Waals surface area contributed by atoms with Crippen molar-refractivity contribution < 1.29 is 0 Å². The lowest BCUT2D eigenvalue weighted by Crippen LogP contribution is -2.02. The van der Waals surface area contributed by atoms with Crippen LogP contribution in [0.3, 0.4) is 0 Å². The zero-order valence-electron chi connectivity index (χ0n) is 10.3. The minimum Gasteiger partial charge on any atom is -0.380 e. The van der Waals surface area contributed by atoms with Crippen molar-refractivity contribution in [2.45, 2.75) is 20.4 Å². The Kier molecular flexibility index (Phi) is 4.40. The van der Waals surface area contributed by atoms with Crippen molar-refractivity contribution in [3.63, 3.8) is 0 Å². The lowest BCUT2D eigenvalue weighted by molar-refractivity contribution is 1.09. The predicted octanol–water partition coefficient (Wildman–Crippen LogP) is 4.84. The highest BCUT2D eigenvalue weighted by atomic mass is 79.9. The van der Waals surface area contributed by atoms with Gasteiger partial charge in [0.1, 0.15) is 4.60 Å². The molecule has 2 rings (SSSR count). The second-order valence-electron chi connectivity index (χ2n) is 4.20. The summed E-state index contributed by atoms with van der Waals surface area (Å²) in [6.07, 6.45) is 0. The van der Waals surface area contributed by atoms with E-state index < -0.39 is 0 Å².